The van der Waals surface area contributed by atoms with Crippen LogP contribution in [-0.4, -0.2) is 23.9 Å². The molecule has 0 radical (unpaired) electrons. The first-order chi connectivity index (χ1) is 9.99. The molecule has 3 unspecified atom stereocenters. The van der Waals surface area contributed by atoms with Gasteiger partial charge in [-0.25, -0.2) is 0 Å². The number of benzene rings is 1. The van der Waals surface area contributed by atoms with Crippen molar-refractivity contribution < 1.29 is 9.84 Å². The molecule has 1 rings (SSSR count). The topological polar surface area (TPSA) is 55.5 Å². The van der Waals surface area contributed by atoms with Crippen molar-refractivity contribution in [2.24, 2.45) is 5.73 Å². The fraction of sp³-hybridized carbons (Fsp3) is 0.647. The third-order valence-corrected chi connectivity index (χ3v) is 3.91. The van der Waals surface area contributed by atoms with Crippen molar-refractivity contribution in [3.63, 3.8) is 0 Å². The molecule has 3 atom stereocenters. The largest absolute Gasteiger partial charge is 0.493 e. The molecule has 0 spiro atoms. The molecule has 1 aromatic rings. The van der Waals surface area contributed by atoms with Crippen LogP contribution in [-0.2, 0) is 0 Å². The third kappa shape index (κ3) is 5.85. The van der Waals surface area contributed by atoms with Gasteiger partial charge in [0.05, 0.1) is 12.7 Å². The van der Waals surface area contributed by atoms with E-state index in [1.54, 1.807) is 0 Å². The van der Waals surface area contributed by atoms with E-state index in [9.17, 15) is 5.11 Å². The molecular formula is C17H28ClNO2. The van der Waals surface area contributed by atoms with E-state index in [0.29, 0.717) is 18.1 Å². The van der Waals surface area contributed by atoms with Crippen molar-refractivity contribution in [3.8, 4) is 5.75 Å². The molecule has 0 bridgehead atoms. The second kappa shape index (κ2) is 9.29. The first kappa shape index (κ1) is 18.3. The van der Waals surface area contributed by atoms with Crippen LogP contribution in [0.15, 0.2) is 18.2 Å². The Balaban J connectivity index is 2.79. The molecule has 0 fully saturated rings. The molecule has 3 nitrogen and oxygen atoms in total. The number of ether oxygens (including phenoxy) is 1. The fourth-order valence-electron chi connectivity index (χ4n) is 2.44. The van der Waals surface area contributed by atoms with Crippen molar-refractivity contribution in [1.29, 1.82) is 0 Å². The molecule has 3 N–H and O–H groups in total. The number of aliphatic hydroxyl groups is 1. The van der Waals surface area contributed by atoms with E-state index in [-0.39, 0.29) is 12.0 Å². The van der Waals surface area contributed by atoms with E-state index in [0.717, 1.165) is 30.6 Å². The average Bonchev–Trinajstić information content (AvgIpc) is 2.46. The molecule has 0 saturated heterocycles. The highest BCUT2D eigenvalue weighted by Crippen LogP contribution is 2.32. The summed E-state index contributed by atoms with van der Waals surface area (Å²) in [6.45, 7) is 6.90. The molecular weight excluding hydrogens is 286 g/mol. The second-order valence-corrected chi connectivity index (χ2v) is 6.12. The van der Waals surface area contributed by atoms with Crippen LogP contribution >= 0.6 is 11.6 Å². The first-order valence-corrected chi connectivity index (χ1v) is 8.23. The van der Waals surface area contributed by atoms with E-state index in [1.807, 2.05) is 18.2 Å². The Hall–Kier alpha value is -0.770. The van der Waals surface area contributed by atoms with E-state index < -0.39 is 6.10 Å². The van der Waals surface area contributed by atoms with Gasteiger partial charge in [-0.05, 0) is 48.9 Å². The molecule has 21 heavy (non-hydrogen) atoms. The number of halogens is 1. The van der Waals surface area contributed by atoms with E-state index in [1.165, 1.54) is 0 Å². The maximum atomic E-state index is 10.2. The summed E-state index contributed by atoms with van der Waals surface area (Å²) in [5.74, 6) is 0.999. The van der Waals surface area contributed by atoms with Crippen molar-refractivity contribution in [1.82, 2.24) is 0 Å². The van der Waals surface area contributed by atoms with Gasteiger partial charge in [0.15, 0.2) is 0 Å². The number of aliphatic hydroxyl groups excluding tert-OH is 1. The van der Waals surface area contributed by atoms with Crippen LogP contribution in [0.5, 0.6) is 5.75 Å². The van der Waals surface area contributed by atoms with Crippen molar-refractivity contribution in [2.45, 2.75) is 64.5 Å². The number of rotatable bonds is 9. The Morgan fingerprint density at radius 3 is 2.62 bits per heavy atom. The average molecular weight is 314 g/mol. The predicted octanol–water partition coefficient (Wildman–Crippen LogP) is 4.11. The van der Waals surface area contributed by atoms with Gasteiger partial charge in [-0.3, -0.25) is 0 Å². The normalized spacial score (nSPS) is 15.5. The molecule has 0 amide bonds. The molecule has 0 aliphatic rings. The van der Waals surface area contributed by atoms with E-state index in [4.69, 9.17) is 22.1 Å². The van der Waals surface area contributed by atoms with Crippen LogP contribution < -0.4 is 10.5 Å². The molecule has 120 valence electrons. The summed E-state index contributed by atoms with van der Waals surface area (Å²) >= 11 is 6.10. The maximum absolute atomic E-state index is 10.2. The lowest BCUT2D eigenvalue weighted by molar-refractivity contribution is 0.123. The lowest BCUT2D eigenvalue weighted by Crippen LogP contribution is -2.35. The van der Waals surface area contributed by atoms with Gasteiger partial charge >= 0.3 is 0 Å². The summed E-state index contributed by atoms with van der Waals surface area (Å²) in [7, 11) is 0. The molecule has 0 aliphatic heterocycles. The number of hydrogen-bond donors (Lipinski definition) is 2. The Bertz CT molecular complexity index is 425. The van der Waals surface area contributed by atoms with Crippen LogP contribution in [0.3, 0.4) is 0 Å². The summed E-state index contributed by atoms with van der Waals surface area (Å²) in [6, 6.07) is 5.50. The van der Waals surface area contributed by atoms with Gasteiger partial charge in [0.25, 0.3) is 0 Å². The highest BCUT2D eigenvalue weighted by Gasteiger charge is 2.20. The molecule has 0 aliphatic carbocycles. The Morgan fingerprint density at radius 2 is 2.00 bits per heavy atom. The summed E-state index contributed by atoms with van der Waals surface area (Å²) in [4.78, 5) is 0. The lowest BCUT2D eigenvalue weighted by Gasteiger charge is -2.23. The van der Waals surface area contributed by atoms with Gasteiger partial charge < -0.3 is 15.6 Å². The minimum absolute atomic E-state index is 0.147. The third-order valence-electron chi connectivity index (χ3n) is 3.68. The summed E-state index contributed by atoms with van der Waals surface area (Å²) in [5.41, 5.74) is 7.04. The predicted molar refractivity (Wildman–Crippen MR) is 89.2 cm³/mol. The highest BCUT2D eigenvalue weighted by atomic mass is 35.5. The molecule has 0 saturated carbocycles. The van der Waals surface area contributed by atoms with Crippen LogP contribution in [0.25, 0.3) is 0 Å². The van der Waals surface area contributed by atoms with Gasteiger partial charge in [-0.15, -0.1) is 0 Å². The van der Waals surface area contributed by atoms with Gasteiger partial charge in [0.1, 0.15) is 5.75 Å². The molecule has 4 heteroatoms. The second-order valence-electron chi connectivity index (χ2n) is 5.69. The Kier molecular flexibility index (Phi) is 8.09. The standard InChI is InChI=1S/C17H28ClNO2/c1-4-6-15(19)16(20)10-12(3)14-11-13(18)7-8-17(14)21-9-5-2/h7-8,11-12,15-16,20H,4-6,9-10,19H2,1-3H3. The zero-order valence-corrected chi connectivity index (χ0v) is 14.1. The SMILES string of the molecule is CCCOc1ccc(Cl)cc1C(C)CC(O)C(N)CCC. The minimum Gasteiger partial charge on any atom is -0.493 e. The van der Waals surface area contributed by atoms with Crippen LogP contribution in [0.1, 0.15) is 57.9 Å². The Morgan fingerprint density at radius 1 is 1.29 bits per heavy atom. The van der Waals surface area contributed by atoms with Gasteiger partial charge in [0, 0.05) is 11.1 Å². The van der Waals surface area contributed by atoms with E-state index in [2.05, 4.69) is 20.8 Å². The van der Waals surface area contributed by atoms with Crippen LogP contribution in [0, 0.1) is 0 Å². The van der Waals surface area contributed by atoms with Gasteiger partial charge in [-0.2, -0.15) is 0 Å². The lowest BCUT2D eigenvalue weighted by atomic mass is 9.91. The smallest absolute Gasteiger partial charge is 0.122 e. The molecule has 1 aromatic carbocycles. The quantitative estimate of drug-likeness (QED) is 0.721. The first-order valence-electron chi connectivity index (χ1n) is 7.85. The number of nitrogens with two attached hydrogens (primary N) is 1. The molecule has 0 heterocycles. The highest BCUT2D eigenvalue weighted by molar-refractivity contribution is 6.30. The van der Waals surface area contributed by atoms with E-state index >= 15 is 0 Å². The summed E-state index contributed by atoms with van der Waals surface area (Å²) < 4.78 is 5.78. The fourth-order valence-corrected chi connectivity index (χ4v) is 2.62. The molecule has 0 aromatic heterocycles. The monoisotopic (exact) mass is 313 g/mol. The van der Waals surface area contributed by atoms with Gasteiger partial charge in [0.2, 0.25) is 0 Å². The van der Waals surface area contributed by atoms with Crippen LogP contribution in [0.2, 0.25) is 5.02 Å². The minimum atomic E-state index is -0.502. The summed E-state index contributed by atoms with van der Waals surface area (Å²) in [6.07, 6.45) is 2.89. The van der Waals surface area contributed by atoms with Crippen LogP contribution in [0.4, 0.5) is 0 Å². The van der Waals surface area contributed by atoms with Crippen molar-refractivity contribution in [3.05, 3.63) is 28.8 Å². The maximum Gasteiger partial charge on any atom is 0.122 e. The van der Waals surface area contributed by atoms with Crippen molar-refractivity contribution in [2.75, 3.05) is 6.61 Å². The Labute approximate surface area is 133 Å². The number of hydrogen-bond acceptors (Lipinski definition) is 3. The zero-order valence-electron chi connectivity index (χ0n) is 13.3. The van der Waals surface area contributed by atoms with Gasteiger partial charge in [-0.1, -0.05) is 38.8 Å². The van der Waals surface area contributed by atoms with Crippen molar-refractivity contribution >= 4 is 11.6 Å². The summed E-state index contributed by atoms with van der Waals surface area (Å²) in [5, 5.41) is 10.9. The zero-order chi connectivity index (χ0) is 15.8.